The zero-order valence-corrected chi connectivity index (χ0v) is 14.9. The van der Waals surface area contributed by atoms with Crippen molar-refractivity contribution in [3.8, 4) is 0 Å². The second-order valence-electron chi connectivity index (χ2n) is 4.42. The molecule has 0 saturated carbocycles. The summed E-state index contributed by atoms with van der Waals surface area (Å²) < 4.78 is 0. The average Bonchev–Trinajstić information content (AvgIpc) is 2.75. The van der Waals surface area contributed by atoms with Crippen LogP contribution in [-0.2, 0) is 42.3 Å². The number of hydrogen-bond donors (Lipinski definition) is 1. The fourth-order valence-electron chi connectivity index (χ4n) is 2.36. The molecule has 0 aromatic heterocycles. The first-order valence-corrected chi connectivity index (χ1v) is 6.52. The van der Waals surface area contributed by atoms with Gasteiger partial charge in [0, 0.05) is 39.1 Å². The smallest absolute Gasteiger partial charge is 0.249 e. The monoisotopic (exact) mass is 375 g/mol. The normalized spacial score (nSPS) is 19.7. The van der Waals surface area contributed by atoms with Crippen LogP contribution in [0.2, 0.25) is 0 Å². The third kappa shape index (κ3) is 3.18. The number of amides is 4. The Kier molecular flexibility index (Phi) is 6.56. The second-order valence-corrected chi connectivity index (χ2v) is 4.42. The number of nitrogens with one attached hydrogen (secondary N) is 1. The minimum atomic E-state index is -0.912. The molecule has 7 heteroatoms. The summed E-state index contributed by atoms with van der Waals surface area (Å²) in [6.45, 7) is 5.00. The maximum absolute atomic E-state index is 12.2. The van der Waals surface area contributed by atoms with Gasteiger partial charge >= 0.3 is 0 Å². The molecule has 2 aliphatic heterocycles. The van der Waals surface area contributed by atoms with Crippen LogP contribution in [0.1, 0.15) is 40.5 Å². The molecule has 0 aliphatic carbocycles. The molecule has 1 radical (unpaired) electrons. The number of benzene rings is 1. The van der Waals surface area contributed by atoms with Crippen molar-refractivity contribution in [3.05, 3.63) is 42.3 Å². The third-order valence-corrected chi connectivity index (χ3v) is 3.28. The van der Waals surface area contributed by atoms with Crippen molar-refractivity contribution in [3.63, 3.8) is 0 Å². The molecule has 4 amide bonds. The van der Waals surface area contributed by atoms with Crippen LogP contribution in [0, 0.1) is 13.0 Å². The van der Waals surface area contributed by atoms with Crippen LogP contribution >= 0.6 is 0 Å². The predicted octanol–water partition coefficient (Wildman–Crippen LogP) is 0.726. The van der Waals surface area contributed by atoms with E-state index >= 15 is 0 Å². The van der Waals surface area contributed by atoms with E-state index in [2.05, 4.69) is 18.3 Å². The molecule has 1 N–H and O–H groups in total. The van der Waals surface area contributed by atoms with E-state index in [1.165, 1.54) is 18.2 Å². The van der Waals surface area contributed by atoms with Crippen molar-refractivity contribution >= 4 is 23.6 Å². The van der Waals surface area contributed by atoms with Crippen molar-refractivity contribution in [1.29, 1.82) is 0 Å². The van der Waals surface area contributed by atoms with Crippen LogP contribution in [-0.4, -0.2) is 34.6 Å². The summed E-state index contributed by atoms with van der Waals surface area (Å²) in [6.07, 6.45) is 0.287. The molecule has 1 aromatic carbocycles. The Bertz CT molecular complexity index is 595. The van der Waals surface area contributed by atoms with E-state index in [1.807, 2.05) is 0 Å². The van der Waals surface area contributed by atoms with Crippen molar-refractivity contribution in [2.45, 2.75) is 25.8 Å². The summed E-state index contributed by atoms with van der Waals surface area (Å²) in [4.78, 5) is 48.1. The summed E-state index contributed by atoms with van der Waals surface area (Å²) in [5.41, 5.74) is 0.519. The molecule has 0 bridgehead atoms. The maximum atomic E-state index is 12.2. The van der Waals surface area contributed by atoms with Crippen LogP contribution in [0.3, 0.4) is 0 Å². The Labute approximate surface area is 153 Å². The van der Waals surface area contributed by atoms with Crippen LogP contribution < -0.4 is 5.32 Å². The molecule has 1 fully saturated rings. The van der Waals surface area contributed by atoms with E-state index < -0.39 is 23.8 Å². The zero-order chi connectivity index (χ0) is 15.6. The molecule has 1 saturated heterocycles. The molecule has 113 valence electrons. The van der Waals surface area contributed by atoms with Crippen LogP contribution in [0.25, 0.3) is 0 Å². The SMILES string of the molecule is O=C1CCC(N2C(=O)c3c[c-]ccc3C2=O)C(=O)N1.[CH2-]C.[Y]. The minimum absolute atomic E-state index is 0. The molecule has 3 rings (SSSR count). The van der Waals surface area contributed by atoms with Crippen molar-refractivity contribution in [2.75, 3.05) is 0 Å². The van der Waals surface area contributed by atoms with Gasteiger partial charge < -0.3 is 6.92 Å². The molecule has 1 unspecified atom stereocenters. The topological polar surface area (TPSA) is 83.6 Å². The fraction of sp³-hybridized carbons (Fsp3) is 0.267. The number of piperidine rings is 1. The van der Waals surface area contributed by atoms with Gasteiger partial charge in [-0.2, -0.15) is 31.2 Å². The number of carbonyl (C=O) groups excluding carboxylic acids is 4. The number of fused-ring (bicyclic) bond motifs is 1. The van der Waals surface area contributed by atoms with Crippen LogP contribution in [0.4, 0.5) is 0 Å². The first-order chi connectivity index (χ1) is 10.1. The maximum Gasteiger partial charge on any atom is 0.249 e. The van der Waals surface area contributed by atoms with E-state index in [4.69, 9.17) is 0 Å². The molecular formula is C15H14N2O4Y-2. The molecule has 2 heterocycles. The van der Waals surface area contributed by atoms with E-state index in [1.54, 1.807) is 6.92 Å². The van der Waals surface area contributed by atoms with Gasteiger partial charge in [0.05, 0.1) is 0 Å². The Morgan fingerprint density at radius 3 is 2.41 bits per heavy atom. The van der Waals surface area contributed by atoms with E-state index in [0.29, 0.717) is 0 Å². The number of carbonyl (C=O) groups is 4. The number of rotatable bonds is 1. The first kappa shape index (κ1) is 18.7. The van der Waals surface area contributed by atoms with Gasteiger partial charge in [0.2, 0.25) is 23.6 Å². The largest absolute Gasteiger partial charge is 0.346 e. The molecule has 22 heavy (non-hydrogen) atoms. The summed E-state index contributed by atoms with van der Waals surface area (Å²) in [7, 11) is 0. The van der Waals surface area contributed by atoms with E-state index in [-0.39, 0.29) is 62.6 Å². The van der Waals surface area contributed by atoms with Gasteiger partial charge in [-0.1, -0.05) is 11.1 Å². The quantitative estimate of drug-likeness (QED) is 0.580. The molecule has 2 aliphatic rings. The number of imide groups is 2. The predicted molar refractivity (Wildman–Crippen MR) is 73.0 cm³/mol. The molecule has 0 spiro atoms. The molecule has 6 nitrogen and oxygen atoms in total. The third-order valence-electron chi connectivity index (χ3n) is 3.28. The Hall–Kier alpha value is -1.40. The summed E-state index contributed by atoms with van der Waals surface area (Å²) >= 11 is 0. The number of hydrogen-bond acceptors (Lipinski definition) is 4. The fourth-order valence-corrected chi connectivity index (χ4v) is 2.36. The van der Waals surface area contributed by atoms with Crippen molar-refractivity contribution < 1.29 is 51.9 Å². The van der Waals surface area contributed by atoms with Crippen LogP contribution in [0.15, 0.2) is 18.2 Å². The standard InChI is InChI=1S/C13H9N2O4.C2H5.Y/c16-10-6-5-9(11(17)14-10)15-12(18)7-3-1-2-4-8(7)13(15)19;1-2;/h1,3-4,9H,5-6H2,(H,14,16,17);1H2,2H3;/q2*-1;. The Balaban J connectivity index is 0.000000775. The van der Waals surface area contributed by atoms with Gasteiger partial charge in [-0.15, -0.1) is 0 Å². The molecular weight excluding hydrogens is 361 g/mol. The molecule has 1 atom stereocenters. The van der Waals surface area contributed by atoms with E-state index in [9.17, 15) is 19.2 Å². The van der Waals surface area contributed by atoms with Crippen LogP contribution in [0.5, 0.6) is 0 Å². The van der Waals surface area contributed by atoms with Gasteiger partial charge in [-0.25, -0.2) is 0 Å². The zero-order valence-electron chi connectivity index (χ0n) is 12.1. The van der Waals surface area contributed by atoms with Gasteiger partial charge in [0.1, 0.15) is 6.04 Å². The summed E-state index contributed by atoms with van der Waals surface area (Å²) in [5, 5.41) is 2.14. The van der Waals surface area contributed by atoms with Crippen molar-refractivity contribution in [2.24, 2.45) is 0 Å². The molecule has 1 aromatic rings. The van der Waals surface area contributed by atoms with Gasteiger partial charge in [0.15, 0.2) is 0 Å². The first-order valence-electron chi connectivity index (χ1n) is 6.52. The average molecular weight is 375 g/mol. The summed E-state index contributed by atoms with van der Waals surface area (Å²) in [6, 6.07) is 6.29. The van der Waals surface area contributed by atoms with E-state index in [0.717, 1.165) is 4.90 Å². The Morgan fingerprint density at radius 1 is 1.18 bits per heavy atom. The van der Waals surface area contributed by atoms with Gasteiger partial charge in [-0.05, 0) is 6.42 Å². The minimum Gasteiger partial charge on any atom is -0.346 e. The number of nitrogens with zero attached hydrogens (tertiary/aromatic N) is 1. The van der Waals surface area contributed by atoms with Gasteiger partial charge in [-0.3, -0.25) is 29.4 Å². The second kappa shape index (κ2) is 7.74. The van der Waals surface area contributed by atoms with Crippen molar-refractivity contribution in [1.82, 2.24) is 10.2 Å². The summed E-state index contributed by atoms with van der Waals surface area (Å²) in [5.74, 6) is -1.99. The van der Waals surface area contributed by atoms with Gasteiger partial charge in [0.25, 0.3) is 0 Å². The Morgan fingerprint density at radius 2 is 1.82 bits per heavy atom.